The molecule has 0 fully saturated rings. The fourth-order valence-corrected chi connectivity index (χ4v) is 3.92. The number of carbonyl (C=O) groups excluding carboxylic acids is 2. The van der Waals surface area contributed by atoms with Crippen molar-refractivity contribution >= 4 is 45.3 Å². The second-order valence-electron chi connectivity index (χ2n) is 7.11. The molecule has 0 atom stereocenters. The monoisotopic (exact) mass is 451 g/mol. The number of nitrogens with zero attached hydrogens (tertiary/aromatic N) is 4. The number of carbonyl (C=O) groups is 2. The van der Waals surface area contributed by atoms with E-state index >= 15 is 0 Å². The second-order valence-corrected chi connectivity index (χ2v) is 7.97. The third-order valence-corrected chi connectivity index (χ3v) is 5.73. The minimum atomic E-state index is -0.362. The number of thiazole rings is 1. The summed E-state index contributed by atoms with van der Waals surface area (Å²) in [6.07, 6.45) is 3.06. The van der Waals surface area contributed by atoms with Gasteiger partial charge in [0.05, 0.1) is 18.4 Å². The van der Waals surface area contributed by atoms with Crippen molar-refractivity contribution in [2.24, 2.45) is 0 Å². The summed E-state index contributed by atoms with van der Waals surface area (Å²) in [7, 11) is 1.38. The van der Waals surface area contributed by atoms with Gasteiger partial charge in [-0.1, -0.05) is 6.07 Å². The molecule has 0 aliphatic carbocycles. The Morgan fingerprint density at radius 2 is 1.97 bits per heavy atom. The Hall–Kier alpha value is -3.83. The van der Waals surface area contributed by atoms with Gasteiger partial charge in [0.15, 0.2) is 10.9 Å². The highest BCUT2D eigenvalue weighted by Gasteiger charge is 2.19. The van der Waals surface area contributed by atoms with Crippen molar-refractivity contribution in [1.82, 2.24) is 25.1 Å². The van der Waals surface area contributed by atoms with E-state index in [1.54, 1.807) is 22.8 Å². The van der Waals surface area contributed by atoms with Crippen LogP contribution in [0.25, 0.3) is 5.52 Å². The Kier molecular flexibility index (Phi) is 5.84. The van der Waals surface area contributed by atoms with Crippen LogP contribution in [0, 0.1) is 20.8 Å². The summed E-state index contributed by atoms with van der Waals surface area (Å²) in [5, 5.41) is 12.7. The van der Waals surface area contributed by atoms with Crippen molar-refractivity contribution in [2.45, 2.75) is 20.8 Å². The molecule has 0 aliphatic heterocycles. The predicted octanol–water partition coefficient (Wildman–Crippen LogP) is 3.40. The number of anilines is 3. The lowest BCUT2D eigenvalue weighted by Gasteiger charge is -2.12. The number of hydroxylamine groups is 1. The lowest BCUT2D eigenvalue weighted by Crippen LogP contribution is -2.21. The van der Waals surface area contributed by atoms with Gasteiger partial charge >= 0.3 is 0 Å². The van der Waals surface area contributed by atoms with Gasteiger partial charge in [0, 0.05) is 22.8 Å². The fraction of sp³-hybridized carbons (Fsp3) is 0.190. The fourth-order valence-electron chi connectivity index (χ4n) is 3.23. The van der Waals surface area contributed by atoms with Gasteiger partial charge in [0.2, 0.25) is 0 Å². The molecule has 4 aromatic rings. The number of amides is 2. The van der Waals surface area contributed by atoms with Crippen LogP contribution in [-0.2, 0) is 4.84 Å². The quantitative estimate of drug-likeness (QED) is 0.384. The number of benzene rings is 1. The summed E-state index contributed by atoms with van der Waals surface area (Å²) >= 11 is 1.37. The van der Waals surface area contributed by atoms with E-state index in [-0.39, 0.29) is 11.8 Å². The maximum atomic E-state index is 12.8. The van der Waals surface area contributed by atoms with Gasteiger partial charge in [-0.3, -0.25) is 19.7 Å². The van der Waals surface area contributed by atoms with E-state index in [2.05, 4.69) is 31.2 Å². The van der Waals surface area contributed by atoms with Crippen molar-refractivity contribution in [3.05, 3.63) is 64.1 Å². The molecular weight excluding hydrogens is 430 g/mol. The molecule has 164 valence electrons. The lowest BCUT2D eigenvalue weighted by atomic mass is 10.1. The smallest absolute Gasteiger partial charge is 0.274 e. The topological polar surface area (TPSA) is 123 Å². The van der Waals surface area contributed by atoms with Gasteiger partial charge in [0.25, 0.3) is 11.8 Å². The Balaban J connectivity index is 1.68. The molecule has 3 N–H and O–H groups in total. The van der Waals surface area contributed by atoms with Gasteiger partial charge in [-0.15, -0.1) is 11.3 Å². The molecule has 10 nitrogen and oxygen atoms in total. The van der Waals surface area contributed by atoms with Crippen molar-refractivity contribution in [3.8, 4) is 0 Å². The van der Waals surface area contributed by atoms with Crippen LogP contribution in [0.5, 0.6) is 0 Å². The third kappa shape index (κ3) is 4.15. The van der Waals surface area contributed by atoms with Crippen LogP contribution in [0.1, 0.15) is 37.5 Å². The summed E-state index contributed by atoms with van der Waals surface area (Å²) in [6.45, 7) is 5.62. The summed E-state index contributed by atoms with van der Waals surface area (Å²) in [4.78, 5) is 38.3. The molecule has 11 heteroatoms. The molecular formula is C21H21N7O3S. The SMILES string of the molecule is CONC(=O)c1ccc(C)c(Nc2ncnn3cc(C(=O)Nc4nc(C)cs4)c(C)c23)c1. The summed E-state index contributed by atoms with van der Waals surface area (Å²) in [6, 6.07) is 5.24. The Morgan fingerprint density at radius 3 is 2.69 bits per heavy atom. The van der Waals surface area contributed by atoms with E-state index < -0.39 is 0 Å². The molecule has 0 aliphatic rings. The van der Waals surface area contributed by atoms with Gasteiger partial charge in [0.1, 0.15) is 11.8 Å². The molecule has 0 saturated heterocycles. The zero-order chi connectivity index (χ0) is 22.8. The first-order valence-electron chi connectivity index (χ1n) is 9.64. The number of fused-ring (bicyclic) bond motifs is 1. The van der Waals surface area contributed by atoms with Crippen LogP contribution in [0.2, 0.25) is 0 Å². The number of aromatic nitrogens is 4. The Morgan fingerprint density at radius 1 is 1.16 bits per heavy atom. The van der Waals surface area contributed by atoms with E-state index in [9.17, 15) is 9.59 Å². The van der Waals surface area contributed by atoms with Crippen LogP contribution in [-0.4, -0.2) is 38.5 Å². The molecule has 0 saturated carbocycles. The molecule has 0 unspecified atom stereocenters. The minimum absolute atomic E-state index is 0.275. The highest BCUT2D eigenvalue weighted by molar-refractivity contribution is 7.13. The highest BCUT2D eigenvalue weighted by Crippen LogP contribution is 2.28. The highest BCUT2D eigenvalue weighted by atomic mass is 32.1. The second kappa shape index (κ2) is 8.73. The first-order chi connectivity index (χ1) is 15.4. The molecule has 3 aromatic heterocycles. The maximum absolute atomic E-state index is 12.8. The van der Waals surface area contributed by atoms with Gasteiger partial charge < -0.3 is 5.32 Å². The van der Waals surface area contributed by atoms with Crippen molar-refractivity contribution in [2.75, 3.05) is 17.7 Å². The average molecular weight is 452 g/mol. The molecule has 1 aromatic carbocycles. The number of rotatable bonds is 6. The van der Waals surface area contributed by atoms with E-state index in [4.69, 9.17) is 4.84 Å². The first kappa shape index (κ1) is 21.4. The summed E-state index contributed by atoms with van der Waals surface area (Å²) in [5.74, 6) is -0.129. The van der Waals surface area contributed by atoms with E-state index in [1.807, 2.05) is 32.2 Å². The molecule has 0 bridgehead atoms. The Labute approximate surface area is 187 Å². The average Bonchev–Trinajstić information content (AvgIpc) is 3.33. The van der Waals surface area contributed by atoms with Crippen molar-refractivity contribution in [3.63, 3.8) is 0 Å². The van der Waals surface area contributed by atoms with Crippen molar-refractivity contribution < 1.29 is 14.4 Å². The predicted molar refractivity (Wildman–Crippen MR) is 121 cm³/mol. The van der Waals surface area contributed by atoms with E-state index in [1.165, 1.54) is 24.8 Å². The van der Waals surface area contributed by atoms with E-state index in [0.717, 1.165) is 11.3 Å². The molecule has 4 rings (SSSR count). The largest absolute Gasteiger partial charge is 0.338 e. The number of nitrogens with one attached hydrogen (secondary N) is 3. The van der Waals surface area contributed by atoms with Gasteiger partial charge in [-0.05, 0) is 44.0 Å². The zero-order valence-corrected chi connectivity index (χ0v) is 18.7. The summed E-state index contributed by atoms with van der Waals surface area (Å²) < 4.78 is 1.60. The Bertz CT molecular complexity index is 1330. The number of hydrogen-bond acceptors (Lipinski definition) is 8. The van der Waals surface area contributed by atoms with Crippen LogP contribution < -0.4 is 16.1 Å². The molecule has 0 radical (unpaired) electrons. The van der Waals surface area contributed by atoms with Gasteiger partial charge in [-0.2, -0.15) is 5.10 Å². The molecule has 32 heavy (non-hydrogen) atoms. The molecule has 3 heterocycles. The van der Waals surface area contributed by atoms with Crippen LogP contribution in [0.3, 0.4) is 0 Å². The van der Waals surface area contributed by atoms with E-state index in [0.29, 0.717) is 38.8 Å². The maximum Gasteiger partial charge on any atom is 0.274 e. The number of hydrogen-bond donors (Lipinski definition) is 3. The standard InChI is InChI=1S/C21H21N7O3S/c1-11-5-6-14(19(29)27-31-4)7-16(11)25-18-17-13(3)15(8-28(17)23-10-22-18)20(30)26-21-24-12(2)9-32-21/h5-10H,1-4H3,(H,27,29)(H,22,23,25)(H,24,26,30). The normalized spacial score (nSPS) is 10.9. The third-order valence-electron chi connectivity index (χ3n) is 4.86. The van der Waals surface area contributed by atoms with Crippen LogP contribution in [0.4, 0.5) is 16.6 Å². The van der Waals surface area contributed by atoms with Crippen LogP contribution in [0.15, 0.2) is 36.1 Å². The zero-order valence-electron chi connectivity index (χ0n) is 17.9. The minimum Gasteiger partial charge on any atom is -0.338 e. The van der Waals surface area contributed by atoms with Crippen molar-refractivity contribution in [1.29, 1.82) is 0 Å². The molecule has 0 spiro atoms. The van der Waals surface area contributed by atoms with Crippen LogP contribution >= 0.6 is 11.3 Å². The first-order valence-corrected chi connectivity index (χ1v) is 10.5. The lowest BCUT2D eigenvalue weighted by molar-refractivity contribution is 0.0537. The summed E-state index contributed by atoms with van der Waals surface area (Å²) in [5.41, 5.74) is 7.01. The molecule has 2 amide bonds. The number of aryl methyl sites for hydroxylation is 3. The van der Waals surface area contributed by atoms with Gasteiger partial charge in [-0.25, -0.2) is 20.0 Å².